The smallest absolute Gasteiger partial charge is 0.243 e. The molecule has 3 aromatic carbocycles. The van der Waals surface area contributed by atoms with Crippen LogP contribution in [0.2, 0.25) is 5.02 Å². The fourth-order valence-corrected chi connectivity index (χ4v) is 4.95. The lowest BCUT2D eigenvalue weighted by molar-refractivity contribution is -0.139. The number of nitrogens with zero attached hydrogens (tertiary/aromatic N) is 1. The number of hydrogen-bond acceptors (Lipinski definition) is 3. The van der Waals surface area contributed by atoms with Crippen LogP contribution in [-0.2, 0) is 28.3 Å². The van der Waals surface area contributed by atoms with E-state index in [2.05, 4.69) is 12.2 Å². The van der Waals surface area contributed by atoms with Gasteiger partial charge in [0.15, 0.2) is 0 Å². The van der Waals surface area contributed by atoms with E-state index in [9.17, 15) is 9.59 Å². The minimum absolute atomic E-state index is 0.0382. The highest BCUT2D eigenvalue weighted by Crippen LogP contribution is 2.20. The van der Waals surface area contributed by atoms with Crippen molar-refractivity contribution in [2.75, 3.05) is 12.3 Å². The zero-order valence-electron chi connectivity index (χ0n) is 21.1. The van der Waals surface area contributed by atoms with Gasteiger partial charge in [0.05, 0.1) is 5.75 Å². The van der Waals surface area contributed by atoms with Crippen molar-refractivity contribution in [3.63, 3.8) is 0 Å². The minimum atomic E-state index is -0.590. The largest absolute Gasteiger partial charge is 0.354 e. The molecule has 190 valence electrons. The van der Waals surface area contributed by atoms with E-state index in [1.165, 1.54) is 0 Å². The molecule has 0 aliphatic rings. The average molecular weight is 523 g/mol. The normalized spacial score (nSPS) is 11.6. The molecule has 6 heteroatoms. The van der Waals surface area contributed by atoms with Gasteiger partial charge in [-0.25, -0.2) is 0 Å². The van der Waals surface area contributed by atoms with Crippen molar-refractivity contribution in [2.45, 2.75) is 51.4 Å². The Morgan fingerprint density at radius 1 is 0.944 bits per heavy atom. The van der Waals surface area contributed by atoms with E-state index in [1.807, 2.05) is 85.8 Å². The van der Waals surface area contributed by atoms with Gasteiger partial charge >= 0.3 is 0 Å². The number of unbranched alkanes of at least 4 members (excludes halogenated alkanes) is 1. The van der Waals surface area contributed by atoms with Crippen LogP contribution in [0.25, 0.3) is 0 Å². The monoisotopic (exact) mass is 522 g/mol. The van der Waals surface area contributed by atoms with Gasteiger partial charge in [-0.1, -0.05) is 91.7 Å². The maximum Gasteiger partial charge on any atom is 0.243 e. The lowest BCUT2D eigenvalue weighted by atomic mass is 10.0. The summed E-state index contributed by atoms with van der Waals surface area (Å²) in [5, 5.41) is 3.77. The van der Waals surface area contributed by atoms with Crippen LogP contribution in [0.4, 0.5) is 0 Å². The van der Waals surface area contributed by atoms with Gasteiger partial charge in [0.25, 0.3) is 0 Å². The molecular weight excluding hydrogens is 488 g/mol. The number of thioether (sulfide) groups is 1. The van der Waals surface area contributed by atoms with Crippen LogP contribution in [0.15, 0.2) is 78.9 Å². The van der Waals surface area contributed by atoms with Crippen molar-refractivity contribution < 1.29 is 9.59 Å². The van der Waals surface area contributed by atoms with E-state index < -0.39 is 6.04 Å². The van der Waals surface area contributed by atoms with Crippen LogP contribution in [-0.4, -0.2) is 35.1 Å². The van der Waals surface area contributed by atoms with Gasteiger partial charge in [-0.15, -0.1) is 11.8 Å². The second-order valence-electron chi connectivity index (χ2n) is 8.92. The van der Waals surface area contributed by atoms with E-state index in [1.54, 1.807) is 16.7 Å². The summed E-state index contributed by atoms with van der Waals surface area (Å²) in [7, 11) is 0. The van der Waals surface area contributed by atoms with Crippen LogP contribution in [0.5, 0.6) is 0 Å². The summed E-state index contributed by atoms with van der Waals surface area (Å²) in [6.45, 7) is 5.14. The summed E-state index contributed by atoms with van der Waals surface area (Å²) in [6, 6.07) is 25.1. The topological polar surface area (TPSA) is 49.4 Å². The predicted molar refractivity (Wildman–Crippen MR) is 151 cm³/mol. The Balaban J connectivity index is 1.83. The van der Waals surface area contributed by atoms with E-state index >= 15 is 0 Å². The summed E-state index contributed by atoms with van der Waals surface area (Å²) in [5.41, 5.74) is 4.30. The second kappa shape index (κ2) is 14.7. The number of rotatable bonds is 13. The zero-order valence-corrected chi connectivity index (χ0v) is 22.7. The number of amides is 2. The van der Waals surface area contributed by atoms with Crippen molar-refractivity contribution >= 4 is 35.2 Å². The number of aryl methyl sites for hydroxylation is 1. The molecule has 36 heavy (non-hydrogen) atoms. The van der Waals surface area contributed by atoms with Crippen molar-refractivity contribution in [1.29, 1.82) is 0 Å². The predicted octanol–water partition coefficient (Wildman–Crippen LogP) is 6.44. The van der Waals surface area contributed by atoms with E-state index in [4.69, 9.17) is 11.6 Å². The van der Waals surface area contributed by atoms with Gasteiger partial charge in [0.1, 0.15) is 6.04 Å². The SMILES string of the molecule is CCCCNC(=O)[C@H](Cc1ccccc1)N(Cc1ccccc1C)C(=O)CSCc1ccc(Cl)cc1. The summed E-state index contributed by atoms with van der Waals surface area (Å²) in [6.07, 6.45) is 2.38. The summed E-state index contributed by atoms with van der Waals surface area (Å²) < 4.78 is 0. The van der Waals surface area contributed by atoms with E-state index in [-0.39, 0.29) is 11.8 Å². The first-order chi connectivity index (χ1) is 17.5. The number of benzene rings is 3. The van der Waals surface area contributed by atoms with Crippen LogP contribution in [0.3, 0.4) is 0 Å². The molecule has 2 amide bonds. The molecule has 0 unspecified atom stereocenters. The quantitative estimate of drug-likeness (QED) is 0.263. The van der Waals surface area contributed by atoms with Gasteiger partial charge in [-0.05, 0) is 47.7 Å². The maximum absolute atomic E-state index is 13.7. The molecule has 0 saturated heterocycles. The molecule has 3 rings (SSSR count). The molecule has 0 aliphatic carbocycles. The van der Waals surface area contributed by atoms with Gasteiger partial charge in [-0.3, -0.25) is 9.59 Å². The molecular formula is C30H35ClN2O2S. The van der Waals surface area contributed by atoms with Crippen LogP contribution in [0, 0.1) is 6.92 Å². The fourth-order valence-electron chi connectivity index (χ4n) is 3.95. The highest BCUT2D eigenvalue weighted by Gasteiger charge is 2.30. The van der Waals surface area contributed by atoms with Crippen molar-refractivity contribution in [1.82, 2.24) is 10.2 Å². The first kappa shape index (κ1) is 27.8. The van der Waals surface area contributed by atoms with E-state index in [0.717, 1.165) is 35.1 Å². The highest BCUT2D eigenvalue weighted by atomic mass is 35.5. The molecule has 1 atom stereocenters. The molecule has 0 saturated carbocycles. The van der Waals surface area contributed by atoms with Crippen molar-refractivity contribution in [3.05, 3.63) is 106 Å². The standard InChI is InChI=1S/C30H35ClN2O2S/c1-3-4-18-32-30(35)28(19-24-11-6-5-7-12-24)33(20-26-13-9-8-10-23(26)2)29(34)22-36-21-25-14-16-27(31)17-15-25/h5-17,28H,3-4,18-22H2,1-2H3,(H,32,35)/t28-/m0/s1. The Morgan fingerprint density at radius 2 is 1.64 bits per heavy atom. The Kier molecular flexibility index (Phi) is 11.4. The molecule has 0 heterocycles. The highest BCUT2D eigenvalue weighted by molar-refractivity contribution is 7.99. The number of halogens is 1. The molecule has 0 aromatic heterocycles. The third-order valence-corrected chi connectivity index (χ3v) is 7.35. The summed E-state index contributed by atoms with van der Waals surface area (Å²) >= 11 is 7.55. The molecule has 0 aliphatic heterocycles. The van der Waals surface area contributed by atoms with Gasteiger partial charge in [0, 0.05) is 30.3 Å². The first-order valence-electron chi connectivity index (χ1n) is 12.5. The average Bonchev–Trinajstić information content (AvgIpc) is 2.89. The van der Waals surface area contributed by atoms with Gasteiger partial charge < -0.3 is 10.2 Å². The van der Waals surface area contributed by atoms with Crippen LogP contribution in [0.1, 0.15) is 42.0 Å². The van der Waals surface area contributed by atoms with Gasteiger partial charge in [-0.2, -0.15) is 0 Å². The lowest BCUT2D eigenvalue weighted by Crippen LogP contribution is -2.51. The van der Waals surface area contributed by atoms with E-state index in [0.29, 0.717) is 36.0 Å². The Morgan fingerprint density at radius 3 is 2.33 bits per heavy atom. The fraction of sp³-hybridized carbons (Fsp3) is 0.333. The van der Waals surface area contributed by atoms with Crippen LogP contribution >= 0.6 is 23.4 Å². The van der Waals surface area contributed by atoms with Crippen molar-refractivity contribution in [2.24, 2.45) is 0 Å². The van der Waals surface area contributed by atoms with Crippen LogP contribution < -0.4 is 5.32 Å². The molecule has 3 aromatic rings. The molecule has 4 nitrogen and oxygen atoms in total. The third kappa shape index (κ3) is 8.72. The molecule has 0 bridgehead atoms. The lowest BCUT2D eigenvalue weighted by Gasteiger charge is -2.32. The molecule has 0 radical (unpaired) electrons. The number of hydrogen-bond donors (Lipinski definition) is 1. The molecule has 0 spiro atoms. The minimum Gasteiger partial charge on any atom is -0.354 e. The third-order valence-electron chi connectivity index (χ3n) is 6.11. The molecule has 1 N–H and O–H groups in total. The first-order valence-corrected chi connectivity index (χ1v) is 14.0. The summed E-state index contributed by atoms with van der Waals surface area (Å²) in [5.74, 6) is 0.857. The maximum atomic E-state index is 13.7. The number of carbonyl (C=O) groups is 2. The Hall–Kier alpha value is -2.76. The second-order valence-corrected chi connectivity index (χ2v) is 10.3. The summed E-state index contributed by atoms with van der Waals surface area (Å²) in [4.78, 5) is 28.9. The Labute approximate surface area is 224 Å². The molecule has 0 fully saturated rings. The van der Waals surface area contributed by atoms with Gasteiger partial charge in [0.2, 0.25) is 11.8 Å². The number of nitrogens with one attached hydrogen (secondary N) is 1. The zero-order chi connectivity index (χ0) is 25.8. The Bertz CT molecular complexity index is 1110. The number of carbonyl (C=O) groups excluding carboxylic acids is 2. The van der Waals surface area contributed by atoms with Crippen molar-refractivity contribution in [3.8, 4) is 0 Å².